The highest BCUT2D eigenvalue weighted by Gasteiger charge is 2.19. The van der Waals surface area contributed by atoms with Crippen molar-refractivity contribution < 1.29 is 28.6 Å². The average Bonchev–Trinajstić information content (AvgIpc) is 3.26. The summed E-state index contributed by atoms with van der Waals surface area (Å²) >= 11 is 0. The molecule has 6 nitrogen and oxygen atoms in total. The van der Waals surface area contributed by atoms with E-state index in [1.807, 2.05) is 0 Å². The van der Waals surface area contributed by atoms with Crippen molar-refractivity contribution in [1.29, 1.82) is 0 Å². The third kappa shape index (κ3) is 48.5. The Balaban J connectivity index is 4.38. The van der Waals surface area contributed by atoms with Gasteiger partial charge in [-0.1, -0.05) is 224 Å². The highest BCUT2D eigenvalue weighted by Crippen LogP contribution is 2.15. The van der Waals surface area contributed by atoms with Crippen LogP contribution in [0.2, 0.25) is 0 Å². The number of hydrogen-bond donors (Lipinski definition) is 0. The van der Waals surface area contributed by atoms with E-state index in [1.165, 1.54) is 148 Å². The minimum absolute atomic E-state index is 0.0775. The van der Waals surface area contributed by atoms with E-state index in [2.05, 4.69) is 57.2 Å². The van der Waals surface area contributed by atoms with Gasteiger partial charge in [-0.2, -0.15) is 0 Å². The molecule has 0 rings (SSSR count). The minimum Gasteiger partial charge on any atom is -0.462 e. The van der Waals surface area contributed by atoms with Gasteiger partial charge in [0.25, 0.3) is 0 Å². The molecule has 0 aliphatic carbocycles. The Hall–Kier alpha value is -2.37. The molecule has 61 heavy (non-hydrogen) atoms. The van der Waals surface area contributed by atoms with Gasteiger partial charge in [-0.15, -0.1) is 0 Å². The first kappa shape index (κ1) is 58.6. The van der Waals surface area contributed by atoms with Crippen LogP contribution in [-0.2, 0) is 28.6 Å². The number of unbranched alkanes of at least 4 members (excludes halogenated alkanes) is 31. The fourth-order valence-electron chi connectivity index (χ4n) is 7.57. The fourth-order valence-corrected chi connectivity index (χ4v) is 7.57. The smallest absolute Gasteiger partial charge is 0.306 e. The second-order valence-corrected chi connectivity index (χ2v) is 17.8. The zero-order valence-corrected chi connectivity index (χ0v) is 40.7. The first-order valence-corrected chi connectivity index (χ1v) is 26.5. The lowest BCUT2D eigenvalue weighted by Crippen LogP contribution is -2.30. The lowest BCUT2D eigenvalue weighted by Gasteiger charge is -2.18. The lowest BCUT2D eigenvalue weighted by molar-refractivity contribution is -0.167. The summed E-state index contributed by atoms with van der Waals surface area (Å²) in [4.78, 5) is 38.0. The van der Waals surface area contributed by atoms with Gasteiger partial charge >= 0.3 is 17.9 Å². The average molecular weight is 857 g/mol. The Morgan fingerprint density at radius 3 is 0.967 bits per heavy atom. The number of rotatable bonds is 48. The summed E-state index contributed by atoms with van der Waals surface area (Å²) in [6, 6.07) is 0. The number of hydrogen-bond acceptors (Lipinski definition) is 6. The molecular formula is C55H100O6. The maximum atomic E-state index is 12.8. The van der Waals surface area contributed by atoms with Crippen LogP contribution in [0.25, 0.3) is 0 Å². The molecule has 0 aromatic rings. The van der Waals surface area contributed by atoms with Gasteiger partial charge in [0.1, 0.15) is 13.2 Å². The summed E-state index contributed by atoms with van der Waals surface area (Å²) in [5.41, 5.74) is 0. The predicted molar refractivity (Wildman–Crippen MR) is 261 cm³/mol. The predicted octanol–water partition coefficient (Wildman–Crippen LogP) is 17.3. The molecule has 0 aromatic carbocycles. The van der Waals surface area contributed by atoms with Gasteiger partial charge in [0.2, 0.25) is 0 Å². The number of ether oxygens (including phenoxy) is 3. The van der Waals surface area contributed by atoms with Crippen LogP contribution in [0.4, 0.5) is 0 Å². The quantitative estimate of drug-likeness (QED) is 0.0262. The molecule has 0 saturated carbocycles. The van der Waals surface area contributed by atoms with Crippen molar-refractivity contribution >= 4 is 17.9 Å². The van der Waals surface area contributed by atoms with Crippen molar-refractivity contribution in [2.45, 2.75) is 284 Å². The van der Waals surface area contributed by atoms with Gasteiger partial charge in [0.05, 0.1) is 0 Å². The standard InChI is InChI=1S/C55H100O6/c1-4-7-10-13-16-19-22-25-28-31-33-36-39-42-45-48-54(57)60-51-52(61-55(58)49-46-43-40-37-34-30-27-24-21-18-15-12-9-6-3)50-59-53(56)47-44-41-38-35-32-29-26-23-20-17-14-11-8-5-2/h15,18,24-25,27-28,52H,4-14,16-17,19-23,26,29-51H2,1-3H3/b18-15-,27-24-,28-25-/t52-/m1/s1. The number of esters is 3. The van der Waals surface area contributed by atoms with Gasteiger partial charge in [0, 0.05) is 19.3 Å². The van der Waals surface area contributed by atoms with Crippen molar-refractivity contribution in [2.75, 3.05) is 13.2 Å². The van der Waals surface area contributed by atoms with Crippen molar-refractivity contribution in [3.63, 3.8) is 0 Å². The third-order valence-corrected chi connectivity index (χ3v) is 11.6. The van der Waals surface area contributed by atoms with Crippen LogP contribution in [0.15, 0.2) is 36.5 Å². The Bertz CT molecular complexity index is 1030. The summed E-state index contributed by atoms with van der Waals surface area (Å²) in [5, 5.41) is 0. The molecule has 0 spiro atoms. The number of carbonyl (C=O) groups is 3. The van der Waals surface area contributed by atoms with Crippen LogP contribution in [0.5, 0.6) is 0 Å². The van der Waals surface area contributed by atoms with Gasteiger partial charge in [-0.3, -0.25) is 14.4 Å². The largest absolute Gasteiger partial charge is 0.462 e. The summed E-state index contributed by atoms with van der Waals surface area (Å²) in [6.45, 7) is 6.60. The molecule has 0 amide bonds. The molecule has 6 heteroatoms. The molecule has 0 unspecified atom stereocenters. The Morgan fingerprint density at radius 2 is 0.607 bits per heavy atom. The van der Waals surface area contributed by atoms with Gasteiger partial charge in [-0.25, -0.2) is 0 Å². The van der Waals surface area contributed by atoms with Crippen molar-refractivity contribution in [3.05, 3.63) is 36.5 Å². The highest BCUT2D eigenvalue weighted by molar-refractivity contribution is 5.71. The van der Waals surface area contributed by atoms with Crippen LogP contribution in [0, 0.1) is 0 Å². The molecule has 0 aliphatic heterocycles. The number of allylic oxidation sites excluding steroid dienone is 6. The van der Waals surface area contributed by atoms with Crippen molar-refractivity contribution in [2.24, 2.45) is 0 Å². The molecule has 0 fully saturated rings. The Morgan fingerprint density at radius 1 is 0.328 bits per heavy atom. The van der Waals surface area contributed by atoms with E-state index in [4.69, 9.17) is 14.2 Å². The van der Waals surface area contributed by atoms with E-state index in [0.717, 1.165) is 89.9 Å². The zero-order valence-electron chi connectivity index (χ0n) is 40.7. The first-order chi connectivity index (χ1) is 30.0. The normalized spacial score (nSPS) is 12.2. The molecule has 0 saturated heterocycles. The Labute approximate surface area is 378 Å². The van der Waals surface area contributed by atoms with Crippen LogP contribution < -0.4 is 0 Å². The zero-order chi connectivity index (χ0) is 44.4. The molecule has 0 N–H and O–H groups in total. The summed E-state index contributed by atoms with van der Waals surface area (Å²) in [6.07, 6.45) is 58.3. The van der Waals surface area contributed by atoms with Gasteiger partial charge < -0.3 is 14.2 Å². The second-order valence-electron chi connectivity index (χ2n) is 17.8. The van der Waals surface area contributed by atoms with Crippen molar-refractivity contribution in [1.82, 2.24) is 0 Å². The summed E-state index contributed by atoms with van der Waals surface area (Å²) in [5.74, 6) is -0.889. The van der Waals surface area contributed by atoms with E-state index in [0.29, 0.717) is 19.3 Å². The summed E-state index contributed by atoms with van der Waals surface area (Å²) < 4.78 is 16.8. The maximum absolute atomic E-state index is 12.8. The SMILES string of the molecule is CCCC/C=C\C/C=C\CCCCCCCC(=O)O[C@@H](COC(=O)CCCCCCC/C=C\CCCCCCCC)COC(=O)CCCCCCCCCCCCCCCC. The molecule has 0 aliphatic rings. The van der Waals surface area contributed by atoms with E-state index >= 15 is 0 Å². The molecule has 356 valence electrons. The van der Waals surface area contributed by atoms with Crippen LogP contribution in [0.1, 0.15) is 278 Å². The van der Waals surface area contributed by atoms with Crippen LogP contribution >= 0.6 is 0 Å². The van der Waals surface area contributed by atoms with Crippen LogP contribution in [-0.4, -0.2) is 37.2 Å². The highest BCUT2D eigenvalue weighted by atomic mass is 16.6. The third-order valence-electron chi connectivity index (χ3n) is 11.6. The summed E-state index contributed by atoms with van der Waals surface area (Å²) in [7, 11) is 0. The maximum Gasteiger partial charge on any atom is 0.306 e. The molecule has 0 heterocycles. The second kappa shape index (κ2) is 50.3. The van der Waals surface area contributed by atoms with E-state index < -0.39 is 6.10 Å². The Kier molecular flexibility index (Phi) is 48.3. The number of carbonyl (C=O) groups excluding carboxylic acids is 3. The minimum atomic E-state index is -0.779. The van der Waals surface area contributed by atoms with Crippen LogP contribution in [0.3, 0.4) is 0 Å². The molecule has 0 aromatic heterocycles. The fraction of sp³-hybridized carbons (Fsp3) is 0.836. The molecule has 0 bridgehead atoms. The molecule has 1 atom stereocenters. The van der Waals surface area contributed by atoms with E-state index in [1.54, 1.807) is 0 Å². The molecule has 0 radical (unpaired) electrons. The topological polar surface area (TPSA) is 78.9 Å². The van der Waals surface area contributed by atoms with E-state index in [-0.39, 0.29) is 31.1 Å². The lowest BCUT2D eigenvalue weighted by atomic mass is 10.0. The monoisotopic (exact) mass is 857 g/mol. The van der Waals surface area contributed by atoms with E-state index in [9.17, 15) is 14.4 Å². The van der Waals surface area contributed by atoms with Crippen molar-refractivity contribution in [3.8, 4) is 0 Å². The molecular weight excluding hydrogens is 757 g/mol. The first-order valence-electron chi connectivity index (χ1n) is 26.5. The van der Waals surface area contributed by atoms with Gasteiger partial charge in [-0.05, 0) is 70.6 Å². The van der Waals surface area contributed by atoms with Gasteiger partial charge in [0.15, 0.2) is 6.10 Å².